The number of rotatable bonds is 6. The van der Waals surface area contributed by atoms with Crippen LogP contribution >= 0.6 is 0 Å². The van der Waals surface area contributed by atoms with Gasteiger partial charge in [0.25, 0.3) is 0 Å². The maximum Gasteiger partial charge on any atom is 0.249 e. The molecule has 164 valence electrons. The van der Waals surface area contributed by atoms with E-state index in [0.717, 1.165) is 21.5 Å². The number of aromatic hydroxyl groups is 2. The molecule has 4 rings (SSSR count). The summed E-state index contributed by atoms with van der Waals surface area (Å²) in [5, 5.41) is 31.3. The number of amides is 2. The number of phenolic OH excluding ortho intramolecular Hbond substituents is 2. The standard InChI is InChI=1S/C25H20N4O4/c30-22-11-9-16-5-1-3-7-18(16)20(22)14-26-28-24(32)13-25(33)29-27-15-21-19-8-4-2-6-17(19)10-12-23(21)31/h1-12,14-15,30-31H,13H2,(H,28,32)(H,29,33). The van der Waals surface area contributed by atoms with Crippen LogP contribution in [0.2, 0.25) is 0 Å². The maximum absolute atomic E-state index is 12.0. The highest BCUT2D eigenvalue weighted by atomic mass is 16.3. The van der Waals surface area contributed by atoms with Crippen LogP contribution in [0, 0.1) is 0 Å². The molecule has 0 aliphatic rings. The fourth-order valence-electron chi connectivity index (χ4n) is 3.40. The Morgan fingerprint density at radius 1 is 0.667 bits per heavy atom. The van der Waals surface area contributed by atoms with Crippen molar-refractivity contribution in [3.05, 3.63) is 83.9 Å². The molecule has 4 N–H and O–H groups in total. The number of nitrogens with zero attached hydrogens (tertiary/aromatic N) is 2. The highest BCUT2D eigenvalue weighted by Crippen LogP contribution is 2.26. The second-order valence-electron chi connectivity index (χ2n) is 7.20. The van der Waals surface area contributed by atoms with E-state index in [1.54, 1.807) is 24.3 Å². The van der Waals surface area contributed by atoms with Crippen LogP contribution in [0.3, 0.4) is 0 Å². The summed E-state index contributed by atoms with van der Waals surface area (Å²) in [6.45, 7) is 0. The van der Waals surface area contributed by atoms with Gasteiger partial charge >= 0.3 is 0 Å². The number of fused-ring (bicyclic) bond motifs is 2. The van der Waals surface area contributed by atoms with Crippen LogP contribution in [0.5, 0.6) is 11.5 Å². The first-order valence-corrected chi connectivity index (χ1v) is 10.1. The Morgan fingerprint density at radius 2 is 1.09 bits per heavy atom. The van der Waals surface area contributed by atoms with Gasteiger partial charge in [0.1, 0.15) is 17.9 Å². The van der Waals surface area contributed by atoms with Crippen molar-refractivity contribution >= 4 is 45.8 Å². The summed E-state index contributed by atoms with van der Waals surface area (Å²) in [5.74, 6) is -1.25. The summed E-state index contributed by atoms with van der Waals surface area (Å²) in [7, 11) is 0. The average molecular weight is 440 g/mol. The van der Waals surface area contributed by atoms with Gasteiger partial charge in [-0.3, -0.25) is 9.59 Å². The summed E-state index contributed by atoms with van der Waals surface area (Å²) in [6, 6.07) is 21.5. The number of carbonyl (C=O) groups is 2. The van der Waals surface area contributed by atoms with Crippen LogP contribution in [-0.2, 0) is 9.59 Å². The number of hydrogen-bond acceptors (Lipinski definition) is 6. The van der Waals surface area contributed by atoms with Crippen LogP contribution in [0.4, 0.5) is 0 Å². The van der Waals surface area contributed by atoms with E-state index >= 15 is 0 Å². The van der Waals surface area contributed by atoms with E-state index in [0.29, 0.717) is 11.1 Å². The SMILES string of the molecule is O=C(CC(=O)NN=Cc1c(O)ccc2ccccc12)NN=Cc1c(O)ccc2ccccc12. The molecule has 8 nitrogen and oxygen atoms in total. The number of carbonyl (C=O) groups excluding carboxylic acids is 2. The summed E-state index contributed by atoms with van der Waals surface area (Å²) >= 11 is 0. The van der Waals surface area contributed by atoms with Gasteiger partial charge in [-0.25, -0.2) is 10.9 Å². The lowest BCUT2D eigenvalue weighted by Gasteiger charge is -2.05. The highest BCUT2D eigenvalue weighted by Gasteiger charge is 2.09. The third-order valence-electron chi connectivity index (χ3n) is 4.98. The molecule has 0 aromatic heterocycles. The Kier molecular flexibility index (Phi) is 6.26. The van der Waals surface area contributed by atoms with Gasteiger partial charge in [-0.15, -0.1) is 0 Å². The van der Waals surface area contributed by atoms with Crippen molar-refractivity contribution in [1.82, 2.24) is 10.9 Å². The first kappa shape index (κ1) is 21.5. The molecule has 0 aliphatic heterocycles. The Morgan fingerprint density at radius 3 is 1.55 bits per heavy atom. The molecule has 0 aliphatic carbocycles. The molecule has 0 unspecified atom stereocenters. The molecule has 0 spiro atoms. The number of benzene rings is 4. The smallest absolute Gasteiger partial charge is 0.249 e. The molecule has 0 saturated carbocycles. The monoisotopic (exact) mass is 440 g/mol. The third kappa shape index (κ3) is 4.96. The maximum atomic E-state index is 12.0. The van der Waals surface area contributed by atoms with Crippen molar-refractivity contribution in [2.75, 3.05) is 0 Å². The minimum absolute atomic E-state index is 0.0236. The normalized spacial score (nSPS) is 11.4. The Labute approximate surface area is 188 Å². The Balaban J connectivity index is 1.35. The van der Waals surface area contributed by atoms with Gasteiger partial charge in [-0.05, 0) is 33.7 Å². The Hall–Kier alpha value is -4.72. The molecule has 0 bridgehead atoms. The third-order valence-corrected chi connectivity index (χ3v) is 4.98. The molecule has 0 radical (unpaired) electrons. The molecule has 0 fully saturated rings. The van der Waals surface area contributed by atoms with E-state index in [4.69, 9.17) is 0 Å². The molecule has 8 heteroatoms. The fourth-order valence-corrected chi connectivity index (χ4v) is 3.40. The summed E-state index contributed by atoms with van der Waals surface area (Å²) in [5.41, 5.74) is 5.44. The lowest BCUT2D eigenvalue weighted by atomic mass is 10.0. The average Bonchev–Trinajstić information content (AvgIpc) is 2.82. The lowest BCUT2D eigenvalue weighted by molar-refractivity contribution is -0.129. The number of nitrogens with one attached hydrogen (secondary N) is 2. The summed E-state index contributed by atoms with van der Waals surface area (Å²) in [4.78, 5) is 24.0. The zero-order valence-electron chi connectivity index (χ0n) is 17.4. The van der Waals surface area contributed by atoms with Gasteiger partial charge in [-0.2, -0.15) is 10.2 Å². The predicted octanol–water partition coefficient (Wildman–Crippen LogP) is 3.39. The molecule has 0 atom stereocenters. The van der Waals surface area contributed by atoms with E-state index in [2.05, 4.69) is 21.1 Å². The van der Waals surface area contributed by atoms with E-state index in [1.165, 1.54) is 12.4 Å². The summed E-state index contributed by atoms with van der Waals surface area (Å²) < 4.78 is 0. The first-order valence-electron chi connectivity index (χ1n) is 10.1. The van der Waals surface area contributed by atoms with E-state index < -0.39 is 18.2 Å². The molecule has 2 amide bonds. The topological polar surface area (TPSA) is 123 Å². The second kappa shape index (κ2) is 9.61. The van der Waals surface area contributed by atoms with E-state index in [-0.39, 0.29) is 11.5 Å². The quantitative estimate of drug-likeness (QED) is 0.208. The van der Waals surface area contributed by atoms with Crippen LogP contribution in [0.15, 0.2) is 83.0 Å². The van der Waals surface area contributed by atoms with Gasteiger partial charge in [0.05, 0.1) is 12.4 Å². The minimum Gasteiger partial charge on any atom is -0.507 e. The molecule has 33 heavy (non-hydrogen) atoms. The van der Waals surface area contributed by atoms with E-state index in [9.17, 15) is 19.8 Å². The zero-order valence-corrected chi connectivity index (χ0v) is 17.4. The number of hydrogen-bond donors (Lipinski definition) is 4. The van der Waals surface area contributed by atoms with Crippen LogP contribution in [0.25, 0.3) is 21.5 Å². The van der Waals surface area contributed by atoms with Gasteiger partial charge in [0.2, 0.25) is 11.8 Å². The highest BCUT2D eigenvalue weighted by molar-refractivity contribution is 6.04. The van der Waals surface area contributed by atoms with Crippen molar-refractivity contribution in [3.8, 4) is 11.5 Å². The van der Waals surface area contributed by atoms with Crippen molar-refractivity contribution in [1.29, 1.82) is 0 Å². The van der Waals surface area contributed by atoms with Crippen molar-refractivity contribution in [2.45, 2.75) is 6.42 Å². The minimum atomic E-state index is -0.647. The fraction of sp³-hybridized carbons (Fsp3) is 0.0400. The molecule has 4 aromatic rings. The molecule has 0 saturated heterocycles. The van der Waals surface area contributed by atoms with Crippen molar-refractivity contribution < 1.29 is 19.8 Å². The lowest BCUT2D eigenvalue weighted by Crippen LogP contribution is -2.27. The molecule has 4 aromatic carbocycles. The summed E-state index contributed by atoms with van der Waals surface area (Å²) in [6.07, 6.45) is 2.15. The van der Waals surface area contributed by atoms with Gasteiger partial charge in [0.15, 0.2) is 0 Å². The van der Waals surface area contributed by atoms with Gasteiger partial charge in [0, 0.05) is 11.1 Å². The van der Waals surface area contributed by atoms with Crippen LogP contribution in [0.1, 0.15) is 17.5 Å². The Bertz CT molecular complexity index is 1310. The van der Waals surface area contributed by atoms with Gasteiger partial charge < -0.3 is 10.2 Å². The number of phenols is 2. The second-order valence-corrected chi connectivity index (χ2v) is 7.20. The molecule has 0 heterocycles. The molecular weight excluding hydrogens is 420 g/mol. The zero-order chi connectivity index (χ0) is 23.2. The van der Waals surface area contributed by atoms with Gasteiger partial charge in [-0.1, -0.05) is 60.7 Å². The van der Waals surface area contributed by atoms with Crippen LogP contribution < -0.4 is 10.9 Å². The van der Waals surface area contributed by atoms with E-state index in [1.807, 2.05) is 48.5 Å². The van der Waals surface area contributed by atoms with Crippen molar-refractivity contribution in [3.63, 3.8) is 0 Å². The predicted molar refractivity (Wildman–Crippen MR) is 127 cm³/mol. The molecular formula is C25H20N4O4. The largest absolute Gasteiger partial charge is 0.507 e. The first-order chi connectivity index (χ1) is 16.0. The number of hydrazone groups is 2. The van der Waals surface area contributed by atoms with Crippen LogP contribution in [-0.4, -0.2) is 34.5 Å². The van der Waals surface area contributed by atoms with Crippen molar-refractivity contribution in [2.24, 2.45) is 10.2 Å².